The molecule has 1 aliphatic rings. The summed E-state index contributed by atoms with van der Waals surface area (Å²) < 4.78 is 15.2. The fourth-order valence-corrected chi connectivity index (χ4v) is 1.75. The number of nitrogens with one attached hydrogen (secondary N) is 1. The topological polar surface area (TPSA) is 73.9 Å². The second kappa shape index (κ2) is 7.49. The van der Waals surface area contributed by atoms with Crippen LogP contribution in [0.25, 0.3) is 0 Å². The standard InChI is InChI=1S/C14H17NO5/c16-13-8-12(10-19-13)18-7-6-15-14(17)20-9-11-4-2-1-3-5-11/h1-5,12H,6-10H2,(H,15,17)/t12-/m0/s1. The number of benzene rings is 1. The molecule has 0 aromatic heterocycles. The van der Waals surface area contributed by atoms with Crippen LogP contribution in [0.3, 0.4) is 0 Å². The van der Waals surface area contributed by atoms with Crippen LogP contribution in [0.2, 0.25) is 0 Å². The molecule has 1 aromatic rings. The number of cyclic esters (lactones) is 1. The molecule has 1 fully saturated rings. The summed E-state index contributed by atoms with van der Waals surface area (Å²) in [6, 6.07) is 9.43. The first kappa shape index (κ1) is 14.3. The maximum atomic E-state index is 11.4. The number of rotatable bonds is 6. The van der Waals surface area contributed by atoms with Gasteiger partial charge in [0.05, 0.1) is 13.0 Å². The zero-order valence-electron chi connectivity index (χ0n) is 11.0. The highest BCUT2D eigenvalue weighted by Gasteiger charge is 2.23. The maximum Gasteiger partial charge on any atom is 0.407 e. The van der Waals surface area contributed by atoms with Crippen molar-refractivity contribution in [1.82, 2.24) is 5.32 Å². The summed E-state index contributed by atoms with van der Waals surface area (Å²) in [6.45, 7) is 1.18. The van der Waals surface area contributed by atoms with Crippen molar-refractivity contribution < 1.29 is 23.8 Å². The van der Waals surface area contributed by atoms with Crippen molar-refractivity contribution >= 4 is 12.1 Å². The molecule has 0 spiro atoms. The molecule has 1 atom stereocenters. The second-order valence-electron chi connectivity index (χ2n) is 4.37. The summed E-state index contributed by atoms with van der Waals surface area (Å²) in [7, 11) is 0. The maximum absolute atomic E-state index is 11.4. The predicted octanol–water partition coefficient (Wildman–Crippen LogP) is 1.24. The van der Waals surface area contributed by atoms with Crippen molar-refractivity contribution in [3.63, 3.8) is 0 Å². The summed E-state index contributed by atoms with van der Waals surface area (Å²) in [5, 5.41) is 2.58. The number of amides is 1. The average Bonchev–Trinajstić information content (AvgIpc) is 2.88. The van der Waals surface area contributed by atoms with Crippen molar-refractivity contribution in [3.8, 4) is 0 Å². The highest BCUT2D eigenvalue weighted by molar-refractivity contribution is 5.71. The molecule has 0 saturated carbocycles. The molecule has 1 heterocycles. The van der Waals surface area contributed by atoms with Crippen LogP contribution >= 0.6 is 0 Å². The van der Waals surface area contributed by atoms with Crippen molar-refractivity contribution in [1.29, 1.82) is 0 Å². The van der Waals surface area contributed by atoms with E-state index in [9.17, 15) is 9.59 Å². The molecule has 1 saturated heterocycles. The Labute approximate surface area is 117 Å². The first-order chi connectivity index (χ1) is 9.74. The van der Waals surface area contributed by atoms with Crippen LogP contribution in [0.1, 0.15) is 12.0 Å². The lowest BCUT2D eigenvalue weighted by atomic mass is 10.2. The van der Waals surface area contributed by atoms with Gasteiger partial charge in [0.1, 0.15) is 19.3 Å². The van der Waals surface area contributed by atoms with Gasteiger partial charge < -0.3 is 19.5 Å². The summed E-state index contributed by atoms with van der Waals surface area (Å²) in [5.41, 5.74) is 0.931. The van der Waals surface area contributed by atoms with E-state index >= 15 is 0 Å². The van der Waals surface area contributed by atoms with Gasteiger partial charge in [0.2, 0.25) is 0 Å². The molecule has 0 aliphatic carbocycles. The van der Waals surface area contributed by atoms with Crippen molar-refractivity contribution in [2.75, 3.05) is 19.8 Å². The third kappa shape index (κ3) is 4.89. The van der Waals surface area contributed by atoms with E-state index in [1.807, 2.05) is 30.3 Å². The fourth-order valence-electron chi connectivity index (χ4n) is 1.75. The third-order valence-corrected chi connectivity index (χ3v) is 2.76. The number of alkyl carbamates (subject to hydrolysis) is 1. The highest BCUT2D eigenvalue weighted by atomic mass is 16.6. The van der Waals surface area contributed by atoms with Crippen LogP contribution in [-0.4, -0.2) is 37.9 Å². The number of esters is 1. The predicted molar refractivity (Wildman–Crippen MR) is 69.9 cm³/mol. The Morgan fingerprint density at radius 1 is 1.35 bits per heavy atom. The summed E-state index contributed by atoms with van der Waals surface area (Å²) >= 11 is 0. The number of carbonyl (C=O) groups is 2. The molecule has 108 valence electrons. The average molecular weight is 279 g/mol. The van der Waals surface area contributed by atoms with Gasteiger partial charge in [-0.15, -0.1) is 0 Å². The lowest BCUT2D eigenvalue weighted by Crippen LogP contribution is -2.29. The minimum atomic E-state index is -0.490. The fraction of sp³-hybridized carbons (Fsp3) is 0.429. The Kier molecular flexibility index (Phi) is 5.37. The van der Waals surface area contributed by atoms with Gasteiger partial charge >= 0.3 is 12.1 Å². The number of ether oxygens (including phenoxy) is 3. The van der Waals surface area contributed by atoms with Crippen molar-refractivity contribution in [3.05, 3.63) is 35.9 Å². The lowest BCUT2D eigenvalue weighted by molar-refractivity contribution is -0.137. The molecule has 2 rings (SSSR count). The lowest BCUT2D eigenvalue weighted by Gasteiger charge is -2.10. The van der Waals surface area contributed by atoms with Crippen LogP contribution < -0.4 is 5.32 Å². The van der Waals surface area contributed by atoms with Gasteiger partial charge in [-0.05, 0) is 5.56 Å². The smallest absolute Gasteiger partial charge is 0.407 e. The van der Waals surface area contributed by atoms with Crippen LogP contribution in [0.5, 0.6) is 0 Å². The van der Waals surface area contributed by atoms with Gasteiger partial charge in [0.25, 0.3) is 0 Å². The van der Waals surface area contributed by atoms with Gasteiger partial charge in [-0.3, -0.25) is 4.79 Å². The molecule has 0 bridgehead atoms. The van der Waals surface area contributed by atoms with Crippen LogP contribution in [0, 0.1) is 0 Å². The molecule has 20 heavy (non-hydrogen) atoms. The zero-order chi connectivity index (χ0) is 14.2. The van der Waals surface area contributed by atoms with E-state index in [4.69, 9.17) is 14.2 Å². The molecule has 0 unspecified atom stereocenters. The Bertz CT molecular complexity index is 448. The van der Waals surface area contributed by atoms with Gasteiger partial charge in [-0.2, -0.15) is 0 Å². The SMILES string of the molecule is O=C1C[C@H](OCCNC(=O)OCc2ccccc2)CO1. The molecule has 1 N–H and O–H groups in total. The molecular weight excluding hydrogens is 262 g/mol. The van der Waals surface area contributed by atoms with Gasteiger partial charge in [0.15, 0.2) is 0 Å². The van der Waals surface area contributed by atoms with E-state index in [-0.39, 0.29) is 31.7 Å². The zero-order valence-corrected chi connectivity index (χ0v) is 11.0. The number of hydrogen-bond acceptors (Lipinski definition) is 5. The Balaban J connectivity index is 1.53. The molecule has 1 amide bonds. The van der Waals surface area contributed by atoms with Crippen LogP contribution in [-0.2, 0) is 25.6 Å². The minimum absolute atomic E-state index is 0.204. The largest absolute Gasteiger partial charge is 0.463 e. The molecule has 0 radical (unpaired) electrons. The summed E-state index contributed by atoms with van der Waals surface area (Å²) in [4.78, 5) is 22.2. The molecule has 1 aromatic carbocycles. The third-order valence-electron chi connectivity index (χ3n) is 2.76. The van der Waals surface area contributed by atoms with Crippen LogP contribution in [0.4, 0.5) is 4.79 Å². The Morgan fingerprint density at radius 3 is 2.85 bits per heavy atom. The van der Waals surface area contributed by atoms with E-state index < -0.39 is 6.09 Å². The molecule has 1 aliphatic heterocycles. The second-order valence-corrected chi connectivity index (χ2v) is 4.37. The van der Waals surface area contributed by atoms with E-state index in [1.165, 1.54) is 0 Å². The van der Waals surface area contributed by atoms with Gasteiger partial charge in [-0.1, -0.05) is 30.3 Å². The Morgan fingerprint density at radius 2 is 2.15 bits per heavy atom. The summed E-state index contributed by atoms with van der Waals surface area (Å²) in [5.74, 6) is -0.245. The van der Waals surface area contributed by atoms with Gasteiger partial charge in [0, 0.05) is 6.54 Å². The first-order valence-corrected chi connectivity index (χ1v) is 6.46. The van der Waals surface area contributed by atoms with Gasteiger partial charge in [-0.25, -0.2) is 4.79 Å². The normalized spacial score (nSPS) is 17.6. The minimum Gasteiger partial charge on any atom is -0.463 e. The molecular formula is C14H17NO5. The van der Waals surface area contributed by atoms with E-state index in [0.29, 0.717) is 13.2 Å². The van der Waals surface area contributed by atoms with Crippen LogP contribution in [0.15, 0.2) is 30.3 Å². The van der Waals surface area contributed by atoms with E-state index in [0.717, 1.165) is 5.56 Å². The van der Waals surface area contributed by atoms with Crippen molar-refractivity contribution in [2.24, 2.45) is 0 Å². The van der Waals surface area contributed by atoms with E-state index in [2.05, 4.69) is 5.32 Å². The summed E-state index contributed by atoms with van der Waals surface area (Å²) in [6.07, 6.45) is -0.417. The Hall–Kier alpha value is -2.08. The molecule has 6 nitrogen and oxygen atoms in total. The first-order valence-electron chi connectivity index (χ1n) is 6.46. The molecule has 6 heteroatoms. The number of carbonyl (C=O) groups excluding carboxylic acids is 2. The highest BCUT2D eigenvalue weighted by Crippen LogP contribution is 2.09. The van der Waals surface area contributed by atoms with Crippen molar-refractivity contribution in [2.45, 2.75) is 19.1 Å². The quantitative estimate of drug-likeness (QED) is 0.626. The van der Waals surface area contributed by atoms with E-state index in [1.54, 1.807) is 0 Å². The number of hydrogen-bond donors (Lipinski definition) is 1. The monoisotopic (exact) mass is 279 g/mol.